The second-order valence-electron chi connectivity index (χ2n) is 9.06. The molecule has 0 fully saturated rings. The van der Waals surface area contributed by atoms with Crippen LogP contribution >= 0.6 is 0 Å². The molecular weight excluding hydrogens is 480 g/mol. The van der Waals surface area contributed by atoms with Gasteiger partial charge in [-0.3, -0.25) is 14.6 Å². The molecule has 0 aliphatic carbocycles. The van der Waals surface area contributed by atoms with Crippen LogP contribution in [0.1, 0.15) is 74.1 Å². The number of carbonyl (C=O) groups is 2. The lowest BCUT2D eigenvalue weighted by Gasteiger charge is -2.22. The van der Waals surface area contributed by atoms with Crippen LogP contribution in [0.5, 0.6) is 5.75 Å². The molecule has 38 heavy (non-hydrogen) atoms. The summed E-state index contributed by atoms with van der Waals surface area (Å²) in [5.74, 6) is 0.330. The molecule has 0 radical (unpaired) electrons. The van der Waals surface area contributed by atoms with Gasteiger partial charge in [-0.2, -0.15) is 0 Å². The SMILES string of the molecule is CC.CCCN(CCC)C(=O)C1=Cc2cc(OC)c(C(=O)Nc3cnc4c(c3)CNCC4)cc2N=C(N)C1. The molecule has 4 N–H and O–H groups in total. The molecule has 0 saturated heterocycles. The minimum Gasteiger partial charge on any atom is -0.496 e. The van der Waals surface area contributed by atoms with E-state index in [9.17, 15) is 9.59 Å². The summed E-state index contributed by atoms with van der Waals surface area (Å²) in [5, 5.41) is 6.24. The molecule has 2 aromatic rings. The number of benzene rings is 1. The Morgan fingerprint density at radius 1 is 1.16 bits per heavy atom. The number of nitrogens with zero attached hydrogens (tertiary/aromatic N) is 3. The number of fused-ring (bicyclic) bond motifs is 2. The Labute approximate surface area is 225 Å². The number of nitrogens with two attached hydrogens (primary N) is 1. The summed E-state index contributed by atoms with van der Waals surface area (Å²) in [4.78, 5) is 37.4. The Bertz CT molecular complexity index is 1220. The van der Waals surface area contributed by atoms with Gasteiger partial charge in [0, 0.05) is 55.9 Å². The van der Waals surface area contributed by atoms with E-state index in [4.69, 9.17) is 10.5 Å². The van der Waals surface area contributed by atoms with Gasteiger partial charge in [-0.15, -0.1) is 0 Å². The van der Waals surface area contributed by atoms with Crippen molar-refractivity contribution >= 4 is 35.1 Å². The normalized spacial score (nSPS) is 13.9. The van der Waals surface area contributed by atoms with Crippen molar-refractivity contribution in [1.29, 1.82) is 0 Å². The molecule has 0 saturated carbocycles. The van der Waals surface area contributed by atoms with E-state index in [2.05, 4.69) is 34.5 Å². The summed E-state index contributed by atoms with van der Waals surface area (Å²) in [6, 6.07) is 5.33. The van der Waals surface area contributed by atoms with Crippen molar-refractivity contribution in [3.05, 3.63) is 52.4 Å². The van der Waals surface area contributed by atoms with Crippen LogP contribution in [0.3, 0.4) is 0 Å². The maximum absolute atomic E-state index is 13.3. The molecular formula is C29H40N6O3. The van der Waals surface area contributed by atoms with Crippen molar-refractivity contribution in [2.75, 3.05) is 32.1 Å². The Morgan fingerprint density at radius 3 is 2.58 bits per heavy atom. The van der Waals surface area contributed by atoms with Gasteiger partial charge in [0.25, 0.3) is 5.91 Å². The number of aliphatic imine (C=N–C) groups is 1. The number of anilines is 1. The second-order valence-corrected chi connectivity index (χ2v) is 9.06. The maximum Gasteiger partial charge on any atom is 0.259 e. The third-order valence-electron chi connectivity index (χ3n) is 6.28. The van der Waals surface area contributed by atoms with Gasteiger partial charge >= 0.3 is 0 Å². The Hall–Kier alpha value is -3.72. The molecule has 2 amide bonds. The van der Waals surface area contributed by atoms with Crippen molar-refractivity contribution in [3.8, 4) is 5.75 Å². The summed E-state index contributed by atoms with van der Waals surface area (Å²) in [6.45, 7) is 11.1. The number of methoxy groups -OCH3 is 1. The maximum atomic E-state index is 13.3. The first-order valence-corrected chi connectivity index (χ1v) is 13.5. The fourth-order valence-corrected chi connectivity index (χ4v) is 4.58. The number of amides is 2. The lowest BCUT2D eigenvalue weighted by atomic mass is 10.0. The zero-order valence-electron chi connectivity index (χ0n) is 23.2. The van der Waals surface area contributed by atoms with Crippen LogP contribution in [0, 0.1) is 0 Å². The fourth-order valence-electron chi connectivity index (χ4n) is 4.58. The van der Waals surface area contributed by atoms with E-state index < -0.39 is 0 Å². The van der Waals surface area contributed by atoms with E-state index in [-0.39, 0.29) is 18.2 Å². The number of pyridine rings is 1. The third-order valence-corrected chi connectivity index (χ3v) is 6.28. The highest BCUT2D eigenvalue weighted by Crippen LogP contribution is 2.34. The summed E-state index contributed by atoms with van der Waals surface area (Å²) in [6.07, 6.45) is 6.35. The van der Waals surface area contributed by atoms with E-state index in [0.717, 1.165) is 43.6 Å². The number of nitrogens with one attached hydrogen (secondary N) is 2. The topological polar surface area (TPSA) is 122 Å². The van der Waals surface area contributed by atoms with E-state index >= 15 is 0 Å². The number of hydrogen-bond acceptors (Lipinski definition) is 7. The number of ether oxygens (including phenoxy) is 1. The van der Waals surface area contributed by atoms with Crippen molar-refractivity contribution in [2.24, 2.45) is 10.7 Å². The molecule has 4 rings (SSSR count). The Morgan fingerprint density at radius 2 is 1.89 bits per heavy atom. The molecule has 2 aliphatic rings. The summed E-state index contributed by atoms with van der Waals surface area (Å²) < 4.78 is 5.56. The van der Waals surface area contributed by atoms with E-state index in [1.807, 2.05) is 30.9 Å². The Balaban J connectivity index is 0.00000195. The zero-order chi connectivity index (χ0) is 27.7. The van der Waals surface area contributed by atoms with Crippen LogP contribution in [0.2, 0.25) is 0 Å². The van der Waals surface area contributed by atoms with Crippen LogP contribution < -0.4 is 21.1 Å². The van der Waals surface area contributed by atoms with Gasteiger partial charge in [0.15, 0.2) is 0 Å². The molecule has 0 spiro atoms. The molecule has 1 aromatic carbocycles. The van der Waals surface area contributed by atoms with Gasteiger partial charge in [0.05, 0.1) is 30.2 Å². The smallest absolute Gasteiger partial charge is 0.259 e. The van der Waals surface area contributed by atoms with Gasteiger partial charge < -0.3 is 26.0 Å². The highest BCUT2D eigenvalue weighted by atomic mass is 16.5. The van der Waals surface area contributed by atoms with Crippen LogP contribution in [0.25, 0.3) is 6.08 Å². The fraction of sp³-hybridized carbons (Fsp3) is 0.448. The van der Waals surface area contributed by atoms with Crippen molar-refractivity contribution < 1.29 is 14.3 Å². The average molecular weight is 521 g/mol. The molecule has 0 bridgehead atoms. The predicted octanol–water partition coefficient (Wildman–Crippen LogP) is 4.44. The van der Waals surface area contributed by atoms with Gasteiger partial charge in [0.2, 0.25) is 5.91 Å². The van der Waals surface area contributed by atoms with E-state index in [1.54, 1.807) is 18.3 Å². The van der Waals surface area contributed by atoms with Gasteiger partial charge in [-0.25, -0.2) is 4.99 Å². The van der Waals surface area contributed by atoms with Gasteiger partial charge in [-0.05, 0) is 42.7 Å². The second kappa shape index (κ2) is 13.7. The number of carbonyl (C=O) groups excluding carboxylic acids is 2. The highest BCUT2D eigenvalue weighted by molar-refractivity contribution is 6.09. The molecule has 2 aliphatic heterocycles. The third kappa shape index (κ3) is 6.77. The van der Waals surface area contributed by atoms with Crippen molar-refractivity contribution in [3.63, 3.8) is 0 Å². The van der Waals surface area contributed by atoms with Crippen LogP contribution in [-0.4, -0.2) is 54.3 Å². The lowest BCUT2D eigenvalue weighted by Crippen LogP contribution is -2.34. The van der Waals surface area contributed by atoms with Crippen LogP contribution in [0.4, 0.5) is 11.4 Å². The molecule has 3 heterocycles. The zero-order valence-corrected chi connectivity index (χ0v) is 23.2. The molecule has 204 valence electrons. The summed E-state index contributed by atoms with van der Waals surface area (Å²) >= 11 is 0. The number of amidine groups is 1. The lowest BCUT2D eigenvalue weighted by molar-refractivity contribution is -0.127. The quantitative estimate of drug-likeness (QED) is 0.473. The first-order chi connectivity index (χ1) is 18.4. The minimum atomic E-state index is -0.337. The summed E-state index contributed by atoms with van der Waals surface area (Å²) in [7, 11) is 1.51. The molecule has 0 atom stereocenters. The molecule has 9 heteroatoms. The predicted molar refractivity (Wildman–Crippen MR) is 153 cm³/mol. The summed E-state index contributed by atoms with van der Waals surface area (Å²) in [5.41, 5.74) is 11.0. The van der Waals surface area contributed by atoms with Crippen LogP contribution in [0.15, 0.2) is 35.0 Å². The van der Waals surface area contributed by atoms with Crippen LogP contribution in [-0.2, 0) is 17.8 Å². The van der Waals surface area contributed by atoms with E-state index in [0.29, 0.717) is 52.7 Å². The number of hydrogen-bond donors (Lipinski definition) is 3. The Kier molecular flexibility index (Phi) is 10.4. The average Bonchev–Trinajstić information content (AvgIpc) is 3.10. The first kappa shape index (κ1) is 28.8. The standard InChI is InChI=1S/C27H34N6O3.C2H6/c1-4-8-33(9-5-2)27(35)18-10-17-12-24(36-3)21(14-23(17)32-25(28)13-18)26(34)31-20-11-19-15-29-7-6-22(19)30-16-20;1-2/h10-12,14,16,29H,4-9,13,15H2,1-3H3,(H2,28,32)(H,31,34);1-2H3. The molecule has 9 nitrogen and oxygen atoms in total. The molecule has 1 aromatic heterocycles. The largest absolute Gasteiger partial charge is 0.496 e. The minimum absolute atomic E-state index is 0.0418. The van der Waals surface area contributed by atoms with Crippen molar-refractivity contribution in [1.82, 2.24) is 15.2 Å². The molecule has 0 unspecified atom stereocenters. The first-order valence-electron chi connectivity index (χ1n) is 13.5. The van der Waals surface area contributed by atoms with E-state index in [1.165, 1.54) is 7.11 Å². The number of rotatable bonds is 8. The van der Waals surface area contributed by atoms with Gasteiger partial charge in [-0.1, -0.05) is 27.7 Å². The van der Waals surface area contributed by atoms with Crippen molar-refractivity contribution in [2.45, 2.75) is 59.9 Å². The monoisotopic (exact) mass is 520 g/mol. The van der Waals surface area contributed by atoms with Gasteiger partial charge in [0.1, 0.15) is 11.6 Å². The number of aromatic nitrogens is 1. The highest BCUT2D eigenvalue weighted by Gasteiger charge is 2.23.